The van der Waals surface area contributed by atoms with E-state index in [1.54, 1.807) is 6.92 Å². The van der Waals surface area contributed by atoms with E-state index >= 15 is 0 Å². The second kappa shape index (κ2) is 10.8. The third kappa shape index (κ3) is 6.20. The van der Waals surface area contributed by atoms with E-state index in [9.17, 15) is 4.39 Å². The van der Waals surface area contributed by atoms with Crippen LogP contribution >= 0.6 is 0 Å². The van der Waals surface area contributed by atoms with Gasteiger partial charge in [0.05, 0.1) is 0 Å². The van der Waals surface area contributed by atoms with Crippen molar-refractivity contribution in [3.8, 4) is 0 Å². The molecule has 3 unspecified atom stereocenters. The Bertz CT molecular complexity index is 170. The molecule has 0 heterocycles. The lowest BCUT2D eigenvalue weighted by Crippen LogP contribution is -2.30. The maximum atomic E-state index is 14.1. The summed E-state index contributed by atoms with van der Waals surface area (Å²) in [5, 5.41) is 0. The molecular weight excluding hydrogens is 223 g/mol. The van der Waals surface area contributed by atoms with Crippen LogP contribution in [0.25, 0.3) is 0 Å². The number of unbranched alkanes of at least 4 members (excludes halogenated alkanes) is 1. The molecule has 0 nitrogen and oxygen atoms in total. The molecule has 0 N–H and O–H groups in total. The molecule has 0 aromatic heterocycles. The molecule has 0 radical (unpaired) electrons. The average molecular weight is 258 g/mol. The van der Waals surface area contributed by atoms with Crippen molar-refractivity contribution >= 4 is 0 Å². The number of halogens is 1. The average Bonchev–Trinajstić information content (AvgIpc) is 2.34. The minimum atomic E-state index is -0.644. The van der Waals surface area contributed by atoms with E-state index in [4.69, 9.17) is 0 Å². The molecule has 0 saturated carbocycles. The number of rotatable bonds is 11. The summed E-state index contributed by atoms with van der Waals surface area (Å²) in [5.74, 6) is 1.48. The molecule has 0 fully saturated rings. The van der Waals surface area contributed by atoms with Gasteiger partial charge in [-0.25, -0.2) is 4.39 Å². The highest BCUT2D eigenvalue weighted by atomic mass is 19.1. The van der Waals surface area contributed by atoms with Gasteiger partial charge < -0.3 is 0 Å². The fourth-order valence-electron chi connectivity index (χ4n) is 3.54. The zero-order valence-electron chi connectivity index (χ0n) is 13.3. The lowest BCUT2D eigenvalue weighted by atomic mass is 9.72. The lowest BCUT2D eigenvalue weighted by Gasteiger charge is -2.35. The van der Waals surface area contributed by atoms with Gasteiger partial charge in [-0.1, -0.05) is 79.1 Å². The van der Waals surface area contributed by atoms with Crippen LogP contribution < -0.4 is 0 Å². The third-order valence-electron chi connectivity index (χ3n) is 4.39. The highest BCUT2D eigenvalue weighted by Gasteiger charge is 2.31. The Morgan fingerprint density at radius 1 is 0.778 bits per heavy atom. The van der Waals surface area contributed by atoms with Crippen LogP contribution in [0.5, 0.6) is 0 Å². The standard InChI is InChI=1S/C17H35F/c1-6-10-13-15(9-4)17(14(5)18)16(11-7-2)12-8-3/h14-17H,6-13H2,1-5H3. The normalized spacial score (nSPS) is 16.8. The van der Waals surface area contributed by atoms with E-state index in [0.29, 0.717) is 17.8 Å². The third-order valence-corrected chi connectivity index (χ3v) is 4.39. The molecule has 0 aromatic carbocycles. The summed E-state index contributed by atoms with van der Waals surface area (Å²) in [4.78, 5) is 0. The molecule has 0 aliphatic rings. The summed E-state index contributed by atoms with van der Waals surface area (Å²) >= 11 is 0. The summed E-state index contributed by atoms with van der Waals surface area (Å²) in [7, 11) is 0. The maximum Gasteiger partial charge on any atom is 0.101 e. The Kier molecular flexibility index (Phi) is 10.8. The summed E-state index contributed by atoms with van der Waals surface area (Å²) < 4.78 is 14.1. The van der Waals surface area contributed by atoms with Crippen molar-refractivity contribution in [2.75, 3.05) is 0 Å². The molecule has 0 aliphatic heterocycles. The van der Waals surface area contributed by atoms with Gasteiger partial charge in [0.2, 0.25) is 0 Å². The molecule has 3 atom stereocenters. The van der Waals surface area contributed by atoms with Gasteiger partial charge in [0.15, 0.2) is 0 Å². The van der Waals surface area contributed by atoms with E-state index in [-0.39, 0.29) is 0 Å². The van der Waals surface area contributed by atoms with Gasteiger partial charge in [0.1, 0.15) is 6.17 Å². The minimum Gasteiger partial charge on any atom is -0.247 e. The topological polar surface area (TPSA) is 0 Å². The SMILES string of the molecule is CCCCC(CC)C(C(C)F)C(CCC)CCC. The summed E-state index contributed by atoms with van der Waals surface area (Å²) in [6.07, 6.45) is 9.00. The van der Waals surface area contributed by atoms with Crippen LogP contribution in [0, 0.1) is 17.8 Å². The molecule has 0 bridgehead atoms. The van der Waals surface area contributed by atoms with Crippen molar-refractivity contribution in [2.45, 2.75) is 92.2 Å². The zero-order chi connectivity index (χ0) is 14.0. The molecule has 0 spiro atoms. The predicted octanol–water partition coefficient (Wildman–Crippen LogP) is 6.39. The van der Waals surface area contributed by atoms with Crippen LogP contribution in [0.2, 0.25) is 0 Å². The first-order valence-corrected chi connectivity index (χ1v) is 8.26. The van der Waals surface area contributed by atoms with Crippen molar-refractivity contribution in [1.82, 2.24) is 0 Å². The van der Waals surface area contributed by atoms with Gasteiger partial charge in [0.25, 0.3) is 0 Å². The van der Waals surface area contributed by atoms with Gasteiger partial charge in [-0.3, -0.25) is 0 Å². The first-order valence-electron chi connectivity index (χ1n) is 8.26. The summed E-state index contributed by atoms with van der Waals surface area (Å²) in [6.45, 7) is 10.7. The van der Waals surface area contributed by atoms with Crippen LogP contribution in [0.4, 0.5) is 4.39 Å². The number of alkyl halides is 1. The van der Waals surface area contributed by atoms with Gasteiger partial charge >= 0.3 is 0 Å². The second-order valence-corrected chi connectivity index (χ2v) is 5.90. The lowest BCUT2D eigenvalue weighted by molar-refractivity contribution is 0.0930. The Morgan fingerprint density at radius 3 is 1.67 bits per heavy atom. The molecule has 0 saturated heterocycles. The van der Waals surface area contributed by atoms with E-state index < -0.39 is 6.17 Å². The highest BCUT2D eigenvalue weighted by molar-refractivity contribution is 4.80. The molecular formula is C17H35F. The van der Waals surface area contributed by atoms with E-state index in [1.165, 1.54) is 44.9 Å². The Morgan fingerprint density at radius 2 is 1.33 bits per heavy atom. The number of hydrogen-bond acceptors (Lipinski definition) is 0. The quantitative estimate of drug-likeness (QED) is 0.402. The monoisotopic (exact) mass is 258 g/mol. The van der Waals surface area contributed by atoms with Crippen molar-refractivity contribution in [3.05, 3.63) is 0 Å². The second-order valence-electron chi connectivity index (χ2n) is 5.90. The molecule has 0 rings (SSSR count). The van der Waals surface area contributed by atoms with Crippen LogP contribution in [-0.2, 0) is 0 Å². The van der Waals surface area contributed by atoms with Crippen LogP contribution in [0.3, 0.4) is 0 Å². The molecule has 0 amide bonds. The molecule has 0 aliphatic carbocycles. The molecule has 110 valence electrons. The Labute approximate surface area is 115 Å². The van der Waals surface area contributed by atoms with Crippen molar-refractivity contribution in [2.24, 2.45) is 17.8 Å². The van der Waals surface area contributed by atoms with E-state index in [1.807, 2.05) is 0 Å². The number of hydrogen-bond donors (Lipinski definition) is 0. The van der Waals surface area contributed by atoms with Gasteiger partial charge in [-0.15, -0.1) is 0 Å². The van der Waals surface area contributed by atoms with E-state index in [0.717, 1.165) is 6.42 Å². The van der Waals surface area contributed by atoms with Crippen molar-refractivity contribution < 1.29 is 4.39 Å². The smallest absolute Gasteiger partial charge is 0.101 e. The summed E-state index contributed by atoms with van der Waals surface area (Å²) in [5.41, 5.74) is 0. The first-order chi connectivity index (χ1) is 8.62. The van der Waals surface area contributed by atoms with E-state index in [2.05, 4.69) is 27.7 Å². The Hall–Kier alpha value is -0.0700. The van der Waals surface area contributed by atoms with Crippen LogP contribution in [0.1, 0.15) is 86.0 Å². The van der Waals surface area contributed by atoms with Gasteiger partial charge in [-0.2, -0.15) is 0 Å². The maximum absolute atomic E-state index is 14.1. The summed E-state index contributed by atoms with van der Waals surface area (Å²) in [6, 6.07) is 0. The molecule has 0 aromatic rings. The first kappa shape index (κ1) is 17.9. The predicted molar refractivity (Wildman–Crippen MR) is 80.7 cm³/mol. The highest BCUT2D eigenvalue weighted by Crippen LogP contribution is 2.37. The minimum absolute atomic E-state index is 0.293. The van der Waals surface area contributed by atoms with Crippen molar-refractivity contribution in [3.63, 3.8) is 0 Å². The van der Waals surface area contributed by atoms with Gasteiger partial charge in [0, 0.05) is 0 Å². The Balaban J connectivity index is 4.73. The van der Waals surface area contributed by atoms with Crippen LogP contribution in [0.15, 0.2) is 0 Å². The zero-order valence-corrected chi connectivity index (χ0v) is 13.3. The fourth-order valence-corrected chi connectivity index (χ4v) is 3.54. The van der Waals surface area contributed by atoms with Crippen LogP contribution in [-0.4, -0.2) is 6.17 Å². The van der Waals surface area contributed by atoms with Gasteiger partial charge in [-0.05, 0) is 24.7 Å². The molecule has 1 heteroatoms. The largest absolute Gasteiger partial charge is 0.247 e. The van der Waals surface area contributed by atoms with Crippen molar-refractivity contribution in [1.29, 1.82) is 0 Å². The molecule has 18 heavy (non-hydrogen) atoms. The fraction of sp³-hybridized carbons (Fsp3) is 1.00.